The maximum Gasteiger partial charge on any atom is 0.229 e. The first-order valence-electron chi connectivity index (χ1n) is 3.07. The van der Waals surface area contributed by atoms with Crippen molar-refractivity contribution in [2.24, 2.45) is 0 Å². The van der Waals surface area contributed by atoms with Crippen LogP contribution in [0.5, 0.6) is 0 Å². The first-order valence-corrected chi connectivity index (χ1v) is 5.34. The maximum atomic E-state index is 10.7. The van der Waals surface area contributed by atoms with Gasteiger partial charge in [-0.1, -0.05) is 11.6 Å². The van der Waals surface area contributed by atoms with Crippen molar-refractivity contribution >= 4 is 27.3 Å². The molecule has 0 bridgehead atoms. The number of halogens is 1. The minimum absolute atomic E-state index is 0.328. The number of anilines is 1. The minimum Gasteiger partial charge on any atom is -0.282 e. The Morgan fingerprint density at radius 3 is 2.58 bits per heavy atom. The average Bonchev–Trinajstić information content (AvgIpc) is 1.91. The van der Waals surface area contributed by atoms with Crippen LogP contribution in [0.25, 0.3) is 0 Å². The van der Waals surface area contributed by atoms with E-state index in [9.17, 15) is 8.42 Å². The van der Waals surface area contributed by atoms with Gasteiger partial charge in [0.2, 0.25) is 10.0 Å². The van der Waals surface area contributed by atoms with Crippen molar-refractivity contribution in [1.82, 2.24) is 4.98 Å². The van der Waals surface area contributed by atoms with Crippen LogP contribution in [0, 0.1) is 0 Å². The van der Waals surface area contributed by atoms with Gasteiger partial charge in [-0.25, -0.2) is 13.4 Å². The number of nitrogens with zero attached hydrogens (tertiary/aromatic N) is 1. The Kier molecular flexibility index (Phi) is 2.54. The van der Waals surface area contributed by atoms with Gasteiger partial charge < -0.3 is 0 Å². The molecule has 1 aromatic rings. The summed E-state index contributed by atoms with van der Waals surface area (Å²) in [5.41, 5.74) is 0.405. The highest BCUT2D eigenvalue weighted by molar-refractivity contribution is 7.92. The monoisotopic (exact) mass is 206 g/mol. The zero-order valence-corrected chi connectivity index (χ0v) is 7.85. The predicted molar refractivity (Wildman–Crippen MR) is 47.7 cm³/mol. The summed E-state index contributed by atoms with van der Waals surface area (Å²) >= 11 is 5.49. The topological polar surface area (TPSA) is 59.1 Å². The number of hydrogen-bond donors (Lipinski definition) is 1. The average molecular weight is 207 g/mol. The van der Waals surface area contributed by atoms with Crippen LogP contribution in [0.3, 0.4) is 0 Å². The Hall–Kier alpha value is -0.810. The highest BCUT2D eigenvalue weighted by Crippen LogP contribution is 2.10. The number of pyridine rings is 1. The summed E-state index contributed by atoms with van der Waals surface area (Å²) < 4.78 is 23.7. The molecule has 1 rings (SSSR count). The second kappa shape index (κ2) is 3.28. The molecule has 4 nitrogen and oxygen atoms in total. The summed E-state index contributed by atoms with van der Waals surface area (Å²) in [7, 11) is -3.22. The second-order valence-corrected chi connectivity index (χ2v) is 4.38. The van der Waals surface area contributed by atoms with Crippen molar-refractivity contribution in [3.8, 4) is 0 Å². The van der Waals surface area contributed by atoms with Crippen LogP contribution in [0.1, 0.15) is 0 Å². The Morgan fingerprint density at radius 2 is 2.17 bits per heavy atom. The van der Waals surface area contributed by atoms with Crippen LogP contribution in [0.4, 0.5) is 5.69 Å². The van der Waals surface area contributed by atoms with E-state index >= 15 is 0 Å². The van der Waals surface area contributed by atoms with Crippen molar-refractivity contribution in [3.05, 3.63) is 23.5 Å². The van der Waals surface area contributed by atoms with E-state index in [1.807, 2.05) is 0 Å². The number of nitrogens with one attached hydrogen (secondary N) is 1. The van der Waals surface area contributed by atoms with E-state index in [1.54, 1.807) is 0 Å². The van der Waals surface area contributed by atoms with Gasteiger partial charge in [-0.2, -0.15) is 0 Å². The molecule has 0 aliphatic heterocycles. The highest BCUT2D eigenvalue weighted by Gasteiger charge is 2.00. The maximum absolute atomic E-state index is 10.7. The fraction of sp³-hybridized carbons (Fsp3) is 0.167. The number of rotatable bonds is 2. The van der Waals surface area contributed by atoms with Gasteiger partial charge in [0, 0.05) is 0 Å². The first kappa shape index (κ1) is 9.28. The lowest BCUT2D eigenvalue weighted by molar-refractivity contribution is 0.607. The molecular formula is C6H7ClN2O2S. The highest BCUT2D eigenvalue weighted by atomic mass is 35.5. The van der Waals surface area contributed by atoms with E-state index in [0.717, 1.165) is 6.26 Å². The van der Waals surface area contributed by atoms with Gasteiger partial charge in [-0.15, -0.1) is 0 Å². The summed E-state index contributed by atoms with van der Waals surface area (Å²) in [4.78, 5) is 3.70. The van der Waals surface area contributed by atoms with E-state index in [0.29, 0.717) is 10.8 Å². The quantitative estimate of drug-likeness (QED) is 0.738. The molecule has 0 fully saturated rings. The normalized spacial score (nSPS) is 11.2. The van der Waals surface area contributed by atoms with Gasteiger partial charge in [0.05, 0.1) is 18.1 Å². The number of hydrogen-bond acceptors (Lipinski definition) is 3. The van der Waals surface area contributed by atoms with Crippen LogP contribution < -0.4 is 4.72 Å². The molecule has 0 saturated carbocycles. The van der Waals surface area contributed by atoms with Crippen LogP contribution in [-0.4, -0.2) is 19.7 Å². The van der Waals surface area contributed by atoms with Crippen LogP contribution in [0.15, 0.2) is 18.3 Å². The second-order valence-electron chi connectivity index (χ2n) is 2.24. The van der Waals surface area contributed by atoms with Crippen molar-refractivity contribution in [2.45, 2.75) is 0 Å². The Labute approximate surface area is 75.6 Å². The summed E-state index contributed by atoms with van der Waals surface area (Å²) in [5.74, 6) is 0. The summed E-state index contributed by atoms with van der Waals surface area (Å²) in [6.07, 6.45) is 2.42. The lowest BCUT2D eigenvalue weighted by atomic mass is 10.4. The molecule has 0 aliphatic rings. The first-order chi connectivity index (χ1) is 5.47. The standard InChI is InChI=1S/C6H7ClN2O2S/c1-12(10,11)9-5-2-3-6(7)8-4-5/h2-4,9H,1H3. The van der Waals surface area contributed by atoms with Gasteiger partial charge in [0.25, 0.3) is 0 Å². The molecule has 1 N–H and O–H groups in total. The van der Waals surface area contributed by atoms with Gasteiger partial charge in [-0.3, -0.25) is 4.72 Å². The molecule has 0 unspecified atom stereocenters. The lowest BCUT2D eigenvalue weighted by Gasteiger charge is -2.01. The van der Waals surface area contributed by atoms with E-state index < -0.39 is 10.0 Å². The van der Waals surface area contributed by atoms with Gasteiger partial charge in [0.1, 0.15) is 5.15 Å². The van der Waals surface area contributed by atoms with E-state index in [4.69, 9.17) is 11.6 Å². The predicted octanol–water partition coefficient (Wildman–Crippen LogP) is 1.11. The zero-order valence-electron chi connectivity index (χ0n) is 6.28. The fourth-order valence-electron chi connectivity index (χ4n) is 0.650. The minimum atomic E-state index is -3.22. The van der Waals surface area contributed by atoms with E-state index in [-0.39, 0.29) is 0 Å². The molecule has 12 heavy (non-hydrogen) atoms. The summed E-state index contributed by atoms with van der Waals surface area (Å²) in [6.45, 7) is 0. The molecule has 0 aliphatic carbocycles. The van der Waals surface area contributed by atoms with Crippen molar-refractivity contribution < 1.29 is 8.42 Å². The largest absolute Gasteiger partial charge is 0.282 e. The van der Waals surface area contributed by atoms with Gasteiger partial charge >= 0.3 is 0 Å². The van der Waals surface area contributed by atoms with Gasteiger partial charge in [-0.05, 0) is 12.1 Å². The van der Waals surface area contributed by atoms with Crippen molar-refractivity contribution in [3.63, 3.8) is 0 Å². The van der Waals surface area contributed by atoms with Crippen LogP contribution >= 0.6 is 11.6 Å². The number of sulfonamides is 1. The molecular weight excluding hydrogens is 200 g/mol. The van der Waals surface area contributed by atoms with Gasteiger partial charge in [0.15, 0.2) is 0 Å². The van der Waals surface area contributed by atoms with E-state index in [2.05, 4.69) is 9.71 Å². The fourth-order valence-corrected chi connectivity index (χ4v) is 1.31. The zero-order chi connectivity index (χ0) is 9.19. The van der Waals surface area contributed by atoms with E-state index in [1.165, 1.54) is 18.3 Å². The molecule has 0 radical (unpaired) electrons. The summed E-state index contributed by atoms with van der Waals surface area (Å²) in [6, 6.07) is 3.05. The molecule has 1 heterocycles. The molecule has 66 valence electrons. The molecule has 0 atom stereocenters. The third-order valence-electron chi connectivity index (χ3n) is 1.03. The lowest BCUT2D eigenvalue weighted by Crippen LogP contribution is -2.09. The molecule has 0 aromatic carbocycles. The number of aromatic nitrogens is 1. The molecule has 0 amide bonds. The van der Waals surface area contributed by atoms with Crippen molar-refractivity contribution in [2.75, 3.05) is 11.0 Å². The molecule has 0 saturated heterocycles. The smallest absolute Gasteiger partial charge is 0.229 e. The van der Waals surface area contributed by atoms with Crippen molar-refractivity contribution in [1.29, 1.82) is 0 Å². The molecule has 6 heteroatoms. The third kappa shape index (κ3) is 3.06. The molecule has 0 spiro atoms. The summed E-state index contributed by atoms with van der Waals surface area (Å²) in [5, 5.41) is 0.328. The van der Waals surface area contributed by atoms with Crippen LogP contribution in [0.2, 0.25) is 5.15 Å². The Bertz CT molecular complexity index is 360. The molecule has 1 aromatic heterocycles. The Balaban J connectivity index is 2.85. The van der Waals surface area contributed by atoms with Crippen LogP contribution in [-0.2, 0) is 10.0 Å². The Morgan fingerprint density at radius 1 is 1.50 bits per heavy atom. The third-order valence-corrected chi connectivity index (χ3v) is 1.86. The SMILES string of the molecule is CS(=O)(=O)Nc1ccc(Cl)nc1.